The van der Waals surface area contributed by atoms with Crippen molar-refractivity contribution in [2.75, 3.05) is 6.54 Å². The van der Waals surface area contributed by atoms with E-state index in [2.05, 4.69) is 106 Å². The number of unbranched alkanes of at least 4 members (excludes halogenated alkanes) is 2. The van der Waals surface area contributed by atoms with Crippen LogP contribution in [0.1, 0.15) is 204 Å². The molecular weight excluding hydrogens is 603 g/mol. The molecule has 286 valence electrons. The van der Waals surface area contributed by atoms with Crippen molar-refractivity contribution in [2.24, 2.45) is 38.9 Å². The van der Waals surface area contributed by atoms with Gasteiger partial charge in [0.05, 0.1) is 0 Å². The van der Waals surface area contributed by atoms with Gasteiger partial charge in [-0.3, -0.25) is 0 Å². The van der Waals surface area contributed by atoms with Gasteiger partial charge >= 0.3 is 0 Å². The molecule has 3 rings (SSSR count). The van der Waals surface area contributed by atoms with E-state index in [1.807, 2.05) is 0 Å². The third-order valence-corrected chi connectivity index (χ3v) is 14.5. The maximum absolute atomic E-state index is 4.55. The zero-order valence-electron chi connectivity index (χ0n) is 35.5. The first kappa shape index (κ1) is 42.9. The normalized spacial score (nSPS) is 27.9. The molecule has 3 saturated carbocycles. The highest BCUT2D eigenvalue weighted by atomic mass is 14.9. The fourth-order valence-corrected chi connectivity index (χ4v) is 9.97. The van der Waals surface area contributed by atoms with Crippen LogP contribution >= 0.6 is 0 Å². The van der Waals surface area contributed by atoms with E-state index in [-0.39, 0.29) is 5.41 Å². The van der Waals surface area contributed by atoms with Crippen LogP contribution in [0, 0.1) is 38.9 Å². The molecule has 0 saturated heterocycles. The Morgan fingerprint density at radius 3 is 2.24 bits per heavy atom. The van der Waals surface area contributed by atoms with Crippen molar-refractivity contribution in [3.8, 4) is 0 Å². The van der Waals surface area contributed by atoms with Gasteiger partial charge in [-0.05, 0) is 142 Å². The number of allylic oxidation sites excluding steroid dienone is 7. The van der Waals surface area contributed by atoms with Crippen molar-refractivity contribution >= 4 is 0 Å². The number of hydrogen-bond donors (Lipinski definition) is 1. The Labute approximate surface area is 313 Å². The highest BCUT2D eigenvalue weighted by molar-refractivity contribution is 5.37. The molecule has 1 nitrogen and oxygen atoms in total. The summed E-state index contributed by atoms with van der Waals surface area (Å²) in [7, 11) is 0. The average molecular weight is 688 g/mol. The Balaban J connectivity index is 1.44. The van der Waals surface area contributed by atoms with Gasteiger partial charge in [0.2, 0.25) is 0 Å². The smallest absolute Gasteiger partial charge is 0.0143 e. The van der Waals surface area contributed by atoms with Crippen molar-refractivity contribution in [3.05, 3.63) is 59.9 Å². The monoisotopic (exact) mass is 688 g/mol. The molecule has 0 amide bonds. The Bertz CT molecular complexity index is 1180. The Hall–Kier alpha value is -1.50. The topological polar surface area (TPSA) is 12.0 Å². The largest absolute Gasteiger partial charge is 0.388 e. The Morgan fingerprint density at radius 2 is 1.54 bits per heavy atom. The molecule has 0 bridgehead atoms. The lowest BCUT2D eigenvalue weighted by molar-refractivity contribution is 0.0556. The van der Waals surface area contributed by atoms with Crippen molar-refractivity contribution in [1.29, 1.82) is 0 Å². The highest BCUT2D eigenvalue weighted by Gasteiger charge is 2.56. The first-order chi connectivity index (χ1) is 23.3. The van der Waals surface area contributed by atoms with Gasteiger partial charge in [-0.25, -0.2) is 0 Å². The van der Waals surface area contributed by atoms with E-state index < -0.39 is 0 Å². The molecular formula is C49H85N. The lowest BCUT2D eigenvalue weighted by Gasteiger charge is -2.50. The van der Waals surface area contributed by atoms with E-state index >= 15 is 0 Å². The predicted octanol–water partition coefficient (Wildman–Crippen LogP) is 15.7. The molecule has 1 heteroatoms. The van der Waals surface area contributed by atoms with Gasteiger partial charge in [0, 0.05) is 17.7 Å². The molecule has 4 unspecified atom stereocenters. The molecule has 0 heterocycles. The highest BCUT2D eigenvalue weighted by Crippen LogP contribution is 2.66. The van der Waals surface area contributed by atoms with Gasteiger partial charge in [0.15, 0.2) is 0 Å². The molecule has 0 radical (unpaired) electrons. The van der Waals surface area contributed by atoms with Gasteiger partial charge in [0.25, 0.3) is 0 Å². The van der Waals surface area contributed by atoms with E-state index in [1.165, 1.54) is 145 Å². The van der Waals surface area contributed by atoms with E-state index in [1.54, 1.807) is 11.1 Å². The molecule has 0 aromatic heterocycles. The van der Waals surface area contributed by atoms with Crippen LogP contribution in [-0.2, 0) is 0 Å². The summed E-state index contributed by atoms with van der Waals surface area (Å²) in [5.74, 6) is 1.70. The average Bonchev–Trinajstić information content (AvgIpc) is 3.31. The summed E-state index contributed by atoms with van der Waals surface area (Å²) < 4.78 is 0. The van der Waals surface area contributed by atoms with Gasteiger partial charge in [-0.2, -0.15) is 0 Å². The number of nitrogens with one attached hydrogen (secondary N) is 1. The fraction of sp³-hybridized carbons (Fsp3) is 0.796. The summed E-state index contributed by atoms with van der Waals surface area (Å²) in [5, 5.41) is 3.74. The molecule has 4 atom stereocenters. The third kappa shape index (κ3) is 12.3. The lowest BCUT2D eigenvalue weighted by Crippen LogP contribution is -2.41. The van der Waals surface area contributed by atoms with Crippen LogP contribution in [0.4, 0.5) is 0 Å². The van der Waals surface area contributed by atoms with E-state index in [0.29, 0.717) is 21.7 Å². The van der Waals surface area contributed by atoms with Crippen LogP contribution in [0.3, 0.4) is 0 Å². The predicted molar refractivity (Wildman–Crippen MR) is 224 cm³/mol. The van der Waals surface area contributed by atoms with Gasteiger partial charge in [-0.15, -0.1) is 0 Å². The minimum absolute atomic E-state index is 0.138. The summed E-state index contributed by atoms with van der Waals surface area (Å²) in [6.45, 7) is 38.6. The zero-order chi connectivity index (χ0) is 37.2. The van der Waals surface area contributed by atoms with Crippen molar-refractivity contribution < 1.29 is 0 Å². The summed E-state index contributed by atoms with van der Waals surface area (Å²) in [4.78, 5) is 0. The third-order valence-electron chi connectivity index (χ3n) is 14.5. The van der Waals surface area contributed by atoms with Crippen LogP contribution in [0.2, 0.25) is 0 Å². The van der Waals surface area contributed by atoms with Crippen molar-refractivity contribution in [3.63, 3.8) is 0 Å². The number of rotatable bonds is 20. The molecule has 0 aromatic carbocycles. The number of fused-ring (bicyclic) bond motifs is 1. The molecule has 0 aromatic rings. The molecule has 3 fully saturated rings. The second-order valence-corrected chi connectivity index (χ2v) is 20.6. The maximum Gasteiger partial charge on any atom is 0.0143 e. The van der Waals surface area contributed by atoms with Gasteiger partial charge in [0.1, 0.15) is 0 Å². The second kappa shape index (κ2) is 18.5. The quantitative estimate of drug-likeness (QED) is 0.0992. The summed E-state index contributed by atoms with van der Waals surface area (Å²) in [6, 6.07) is 0. The molecule has 50 heavy (non-hydrogen) atoms. The van der Waals surface area contributed by atoms with Crippen molar-refractivity contribution in [2.45, 2.75) is 204 Å². The lowest BCUT2D eigenvalue weighted by atomic mass is 9.54. The van der Waals surface area contributed by atoms with Crippen LogP contribution in [-0.4, -0.2) is 6.54 Å². The van der Waals surface area contributed by atoms with Crippen molar-refractivity contribution in [1.82, 2.24) is 5.32 Å². The van der Waals surface area contributed by atoms with Crippen LogP contribution < -0.4 is 5.32 Å². The first-order valence-electron chi connectivity index (χ1n) is 21.5. The Morgan fingerprint density at radius 1 is 0.820 bits per heavy atom. The van der Waals surface area contributed by atoms with E-state index in [9.17, 15) is 0 Å². The molecule has 1 N–H and O–H groups in total. The molecule has 0 aliphatic heterocycles. The maximum atomic E-state index is 4.55. The van der Waals surface area contributed by atoms with Crippen LogP contribution in [0.15, 0.2) is 59.9 Å². The zero-order valence-corrected chi connectivity index (χ0v) is 35.5. The van der Waals surface area contributed by atoms with Gasteiger partial charge in [-0.1, -0.05) is 150 Å². The minimum atomic E-state index is 0.138. The standard InChI is InChI=1S/C49H85N/c1-14-38(2)28-34-46(8,9)31-20-32-47(10,11)40(4)50-36-18-16-21-41-25-24-39(3)42(37-41)26-27-43-23-19-33-48(12)44(29-35-49(43,48)13)22-15-17-30-45(5,6)7/h26-27,41,44,50H,2-4,14-25,28-37H2,1,5-13H3/b42-26-,43-27+. The fourth-order valence-electron chi connectivity index (χ4n) is 9.97. The van der Waals surface area contributed by atoms with Crippen LogP contribution in [0.25, 0.3) is 0 Å². The summed E-state index contributed by atoms with van der Waals surface area (Å²) in [5.41, 5.74) is 9.17. The first-order valence-corrected chi connectivity index (χ1v) is 21.5. The van der Waals surface area contributed by atoms with E-state index in [0.717, 1.165) is 24.8 Å². The van der Waals surface area contributed by atoms with Crippen LogP contribution in [0.5, 0.6) is 0 Å². The molecule has 0 spiro atoms. The molecule has 3 aliphatic rings. The minimum Gasteiger partial charge on any atom is -0.388 e. The summed E-state index contributed by atoms with van der Waals surface area (Å²) in [6.07, 6.45) is 32.5. The summed E-state index contributed by atoms with van der Waals surface area (Å²) >= 11 is 0. The Kier molecular flexibility index (Phi) is 15.9. The SMILES string of the molecule is C=C(CC)CCC(C)(C)CCCC(C)(C)C(=C)NCCCCC1CCC(=C)/C(=C\C=C2/CCCC3(C)C(CCCCC(C)(C)C)CCC23C)C1. The number of hydrogen-bond acceptors (Lipinski definition) is 1. The second-order valence-electron chi connectivity index (χ2n) is 20.6. The van der Waals surface area contributed by atoms with Gasteiger partial charge < -0.3 is 5.32 Å². The van der Waals surface area contributed by atoms with E-state index in [4.69, 9.17) is 0 Å². The molecule has 3 aliphatic carbocycles.